The fourth-order valence-electron chi connectivity index (χ4n) is 4.36. The Kier molecular flexibility index (Phi) is 8.36. The third-order valence-electron chi connectivity index (χ3n) is 6.11. The first-order chi connectivity index (χ1) is 18.3. The molecule has 2 aromatic carbocycles. The quantitative estimate of drug-likeness (QED) is 0.389. The summed E-state index contributed by atoms with van der Waals surface area (Å²) in [6, 6.07) is 12.7. The van der Waals surface area contributed by atoms with Crippen LogP contribution in [0.5, 0.6) is 11.5 Å². The average molecular weight is 536 g/mol. The van der Waals surface area contributed by atoms with E-state index in [0.717, 1.165) is 11.3 Å². The van der Waals surface area contributed by atoms with E-state index in [1.807, 2.05) is 81.4 Å². The standard InChI is InChI=1S/C29H33N3O5S/c1-7-35-22-15-12-20(17-23(22)36-8-2)26-25(28(34)37-9-3)18(4)30-29-32(26)27(33)24(38-29)16-19-10-13-21(14-11-19)31(5)6/h10-17,26H,7-9H2,1-6H3/b24-16-/t26-/m1/s1. The first-order valence-corrected chi connectivity index (χ1v) is 13.5. The van der Waals surface area contributed by atoms with E-state index in [1.54, 1.807) is 18.4 Å². The lowest BCUT2D eigenvalue weighted by Gasteiger charge is -2.25. The minimum absolute atomic E-state index is 0.211. The van der Waals surface area contributed by atoms with Gasteiger partial charge in [0, 0.05) is 19.8 Å². The van der Waals surface area contributed by atoms with Crippen molar-refractivity contribution in [3.63, 3.8) is 0 Å². The Hall–Kier alpha value is -3.85. The number of aromatic nitrogens is 1. The molecule has 0 unspecified atom stereocenters. The summed E-state index contributed by atoms with van der Waals surface area (Å²) in [6.07, 6.45) is 1.85. The van der Waals surface area contributed by atoms with Crippen molar-refractivity contribution in [1.82, 2.24) is 4.57 Å². The second-order valence-corrected chi connectivity index (χ2v) is 9.87. The Labute approximate surface area is 226 Å². The number of hydrogen-bond donors (Lipinski definition) is 0. The second-order valence-electron chi connectivity index (χ2n) is 8.86. The van der Waals surface area contributed by atoms with E-state index >= 15 is 0 Å². The zero-order valence-corrected chi connectivity index (χ0v) is 23.4. The van der Waals surface area contributed by atoms with Gasteiger partial charge >= 0.3 is 5.97 Å². The summed E-state index contributed by atoms with van der Waals surface area (Å²) in [4.78, 5) is 34.2. The van der Waals surface area contributed by atoms with Crippen molar-refractivity contribution in [1.29, 1.82) is 0 Å². The number of hydrogen-bond acceptors (Lipinski definition) is 8. The topological polar surface area (TPSA) is 82.4 Å². The number of carbonyl (C=O) groups is 1. The van der Waals surface area contributed by atoms with Crippen LogP contribution in [0.3, 0.4) is 0 Å². The third kappa shape index (κ3) is 5.38. The van der Waals surface area contributed by atoms with Crippen LogP contribution in [0.4, 0.5) is 5.69 Å². The van der Waals surface area contributed by atoms with Gasteiger partial charge in [0.15, 0.2) is 16.3 Å². The highest BCUT2D eigenvalue weighted by Gasteiger charge is 2.34. The number of fused-ring (bicyclic) bond motifs is 1. The molecule has 0 aliphatic carbocycles. The molecule has 4 rings (SSSR count). The number of anilines is 1. The van der Waals surface area contributed by atoms with Gasteiger partial charge in [0.2, 0.25) is 0 Å². The van der Waals surface area contributed by atoms with E-state index in [-0.39, 0.29) is 12.2 Å². The monoisotopic (exact) mass is 535 g/mol. The van der Waals surface area contributed by atoms with Crippen LogP contribution in [-0.2, 0) is 9.53 Å². The number of rotatable bonds is 9. The molecule has 2 heterocycles. The smallest absolute Gasteiger partial charge is 0.338 e. The molecule has 0 radical (unpaired) electrons. The number of carbonyl (C=O) groups excluding carboxylic acids is 1. The van der Waals surface area contributed by atoms with Crippen molar-refractivity contribution in [3.8, 4) is 11.5 Å². The largest absolute Gasteiger partial charge is 0.490 e. The Balaban J connectivity index is 1.91. The van der Waals surface area contributed by atoms with Crippen molar-refractivity contribution in [2.24, 2.45) is 4.99 Å². The van der Waals surface area contributed by atoms with Crippen LogP contribution < -0.4 is 29.3 Å². The molecule has 0 saturated heterocycles. The normalized spacial score (nSPS) is 15.1. The molecule has 9 heteroatoms. The number of nitrogens with zero attached hydrogens (tertiary/aromatic N) is 3. The van der Waals surface area contributed by atoms with Crippen molar-refractivity contribution < 1.29 is 19.0 Å². The average Bonchev–Trinajstić information content (AvgIpc) is 3.19. The maximum absolute atomic E-state index is 13.8. The SMILES string of the molecule is CCOC(=O)C1=C(C)N=c2s/c(=C\c3ccc(N(C)C)cc3)c(=O)n2[C@@H]1c1ccc(OCC)c(OCC)c1. The van der Waals surface area contributed by atoms with Crippen LogP contribution in [0.2, 0.25) is 0 Å². The Morgan fingerprint density at radius 3 is 2.34 bits per heavy atom. The summed E-state index contributed by atoms with van der Waals surface area (Å²) >= 11 is 1.30. The molecule has 200 valence electrons. The number of ether oxygens (including phenoxy) is 3. The summed E-state index contributed by atoms with van der Waals surface area (Å²) in [5.74, 6) is 0.650. The fraction of sp³-hybridized carbons (Fsp3) is 0.345. The highest BCUT2D eigenvalue weighted by molar-refractivity contribution is 7.07. The molecule has 0 amide bonds. The molecule has 38 heavy (non-hydrogen) atoms. The van der Waals surface area contributed by atoms with Crippen molar-refractivity contribution in [3.05, 3.63) is 84.5 Å². The highest BCUT2D eigenvalue weighted by atomic mass is 32.1. The van der Waals surface area contributed by atoms with Gasteiger partial charge in [0.05, 0.1) is 41.7 Å². The molecule has 3 aromatic rings. The summed E-state index contributed by atoms with van der Waals surface area (Å²) in [6.45, 7) is 8.46. The fourth-order valence-corrected chi connectivity index (χ4v) is 5.41. The van der Waals surface area contributed by atoms with E-state index in [0.29, 0.717) is 50.9 Å². The second kappa shape index (κ2) is 11.7. The predicted molar refractivity (Wildman–Crippen MR) is 150 cm³/mol. The molecule has 0 fully saturated rings. The maximum atomic E-state index is 13.8. The molecular formula is C29H33N3O5S. The Morgan fingerprint density at radius 2 is 1.71 bits per heavy atom. The first kappa shape index (κ1) is 27.2. The van der Waals surface area contributed by atoms with Crippen LogP contribution in [0.15, 0.2) is 63.5 Å². The molecule has 1 atom stereocenters. The zero-order valence-electron chi connectivity index (χ0n) is 22.6. The lowest BCUT2D eigenvalue weighted by atomic mass is 9.95. The molecule has 1 aliphatic heterocycles. The maximum Gasteiger partial charge on any atom is 0.338 e. The highest BCUT2D eigenvalue weighted by Crippen LogP contribution is 2.36. The summed E-state index contributed by atoms with van der Waals surface area (Å²) in [5.41, 5.74) is 3.29. The number of thiazole rings is 1. The lowest BCUT2D eigenvalue weighted by molar-refractivity contribution is -0.139. The van der Waals surface area contributed by atoms with Crippen LogP contribution in [0.25, 0.3) is 6.08 Å². The lowest BCUT2D eigenvalue weighted by Crippen LogP contribution is -2.40. The van der Waals surface area contributed by atoms with Gasteiger partial charge in [-0.1, -0.05) is 29.5 Å². The van der Waals surface area contributed by atoms with Crippen molar-refractivity contribution in [2.45, 2.75) is 33.7 Å². The van der Waals surface area contributed by atoms with E-state index < -0.39 is 12.0 Å². The minimum Gasteiger partial charge on any atom is -0.490 e. The first-order valence-electron chi connectivity index (χ1n) is 12.7. The molecule has 0 bridgehead atoms. The van der Waals surface area contributed by atoms with E-state index in [4.69, 9.17) is 14.2 Å². The Bertz CT molecular complexity index is 1530. The Morgan fingerprint density at radius 1 is 1.03 bits per heavy atom. The van der Waals surface area contributed by atoms with E-state index in [2.05, 4.69) is 4.99 Å². The van der Waals surface area contributed by atoms with Gasteiger partial charge in [0.25, 0.3) is 5.56 Å². The van der Waals surface area contributed by atoms with Crippen LogP contribution in [0, 0.1) is 0 Å². The summed E-state index contributed by atoms with van der Waals surface area (Å²) in [7, 11) is 3.96. The van der Waals surface area contributed by atoms with Gasteiger partial charge in [-0.05, 0) is 69.2 Å². The van der Waals surface area contributed by atoms with Gasteiger partial charge in [-0.15, -0.1) is 0 Å². The summed E-state index contributed by atoms with van der Waals surface area (Å²) in [5, 5.41) is 0. The molecule has 0 N–H and O–H groups in total. The van der Waals surface area contributed by atoms with Crippen LogP contribution in [-0.4, -0.2) is 44.5 Å². The van der Waals surface area contributed by atoms with Gasteiger partial charge in [0.1, 0.15) is 0 Å². The van der Waals surface area contributed by atoms with Crippen LogP contribution >= 0.6 is 11.3 Å². The van der Waals surface area contributed by atoms with Crippen molar-refractivity contribution in [2.75, 3.05) is 38.8 Å². The van der Waals surface area contributed by atoms with Crippen molar-refractivity contribution >= 4 is 29.1 Å². The van der Waals surface area contributed by atoms with Gasteiger partial charge < -0.3 is 19.1 Å². The van der Waals surface area contributed by atoms with E-state index in [9.17, 15) is 9.59 Å². The van der Waals surface area contributed by atoms with Gasteiger partial charge in [-0.2, -0.15) is 0 Å². The predicted octanol–water partition coefficient (Wildman–Crippen LogP) is 3.66. The molecule has 0 spiro atoms. The number of benzene rings is 2. The summed E-state index contributed by atoms with van der Waals surface area (Å²) < 4.78 is 19.1. The van der Waals surface area contributed by atoms with Crippen LogP contribution in [0.1, 0.15) is 44.9 Å². The molecular weight excluding hydrogens is 502 g/mol. The minimum atomic E-state index is -0.724. The van der Waals surface area contributed by atoms with Gasteiger partial charge in [-0.25, -0.2) is 9.79 Å². The van der Waals surface area contributed by atoms with E-state index in [1.165, 1.54) is 11.3 Å². The zero-order chi connectivity index (χ0) is 27.4. The number of allylic oxidation sites excluding steroid dienone is 1. The molecule has 1 aromatic heterocycles. The third-order valence-corrected chi connectivity index (χ3v) is 7.09. The molecule has 1 aliphatic rings. The number of esters is 1. The molecule has 8 nitrogen and oxygen atoms in total. The molecule has 0 saturated carbocycles. The van der Waals surface area contributed by atoms with Gasteiger partial charge in [-0.3, -0.25) is 9.36 Å².